The van der Waals surface area contributed by atoms with Crippen molar-refractivity contribution < 1.29 is 19.6 Å². The van der Waals surface area contributed by atoms with Crippen molar-refractivity contribution in [2.24, 2.45) is 0 Å². The highest BCUT2D eigenvalue weighted by Gasteiger charge is 2.33. The molecule has 0 radical (unpaired) electrons. The fourth-order valence-corrected chi connectivity index (χ4v) is 4.66. The van der Waals surface area contributed by atoms with E-state index in [-0.39, 0.29) is 14.9 Å². The molecule has 0 atom stereocenters. The summed E-state index contributed by atoms with van der Waals surface area (Å²) in [4.78, 5) is 36.9. The first-order valence-electron chi connectivity index (χ1n) is 8.24. The normalized spacial score (nSPS) is 15.2. The predicted octanol–water partition coefficient (Wildman–Crippen LogP) is 4.34. The quantitative estimate of drug-likeness (QED) is 0.303. The number of hydrogen-bond acceptors (Lipinski definition) is 7. The zero-order valence-corrected chi connectivity index (χ0v) is 17.5. The van der Waals surface area contributed by atoms with E-state index in [0.717, 1.165) is 27.1 Å². The van der Waals surface area contributed by atoms with Crippen LogP contribution in [0.3, 0.4) is 0 Å². The number of carbonyl (C=O) groups excluding carboxylic acids is 1. The molecule has 1 heterocycles. The number of benzene rings is 2. The van der Waals surface area contributed by atoms with Crippen LogP contribution in [-0.2, 0) is 9.59 Å². The Balaban J connectivity index is 1.88. The number of aliphatic carboxylic acids is 1. The number of hydrogen-bond donors (Lipinski definition) is 1. The summed E-state index contributed by atoms with van der Waals surface area (Å²) in [5, 5.41) is 20.4. The van der Waals surface area contributed by atoms with E-state index in [9.17, 15) is 19.7 Å². The predicted molar refractivity (Wildman–Crippen MR) is 116 cm³/mol. The number of carboxylic acid groups (broad SMARTS) is 1. The first-order chi connectivity index (χ1) is 13.7. The van der Waals surface area contributed by atoms with Crippen molar-refractivity contribution in [2.45, 2.75) is 16.7 Å². The third-order valence-electron chi connectivity index (χ3n) is 3.89. The van der Waals surface area contributed by atoms with Gasteiger partial charge in [-0.05, 0) is 36.8 Å². The van der Waals surface area contributed by atoms with E-state index in [2.05, 4.69) is 0 Å². The van der Waals surface area contributed by atoms with Crippen molar-refractivity contribution in [2.75, 3.05) is 6.54 Å². The van der Waals surface area contributed by atoms with Crippen molar-refractivity contribution >= 4 is 63.7 Å². The lowest BCUT2D eigenvalue weighted by Crippen LogP contribution is -2.33. The highest BCUT2D eigenvalue weighted by Crippen LogP contribution is 2.37. The zero-order chi connectivity index (χ0) is 21.1. The molecule has 148 valence electrons. The van der Waals surface area contributed by atoms with Crippen LogP contribution in [0.15, 0.2) is 57.2 Å². The van der Waals surface area contributed by atoms with Crippen LogP contribution in [0.4, 0.5) is 5.69 Å². The molecule has 1 amide bonds. The summed E-state index contributed by atoms with van der Waals surface area (Å²) in [6, 6.07) is 12.3. The second-order valence-corrected chi connectivity index (χ2v) is 8.85. The van der Waals surface area contributed by atoms with Gasteiger partial charge in [-0.2, -0.15) is 0 Å². The Bertz CT molecular complexity index is 1050. The number of nitro groups is 1. The molecule has 2 aromatic rings. The molecule has 2 aromatic carbocycles. The Morgan fingerprint density at radius 2 is 2.00 bits per heavy atom. The number of thiocarbonyl (C=S) groups is 1. The Morgan fingerprint density at radius 1 is 1.31 bits per heavy atom. The average molecular weight is 447 g/mol. The molecular weight excluding hydrogens is 432 g/mol. The smallest absolute Gasteiger partial charge is 0.323 e. The van der Waals surface area contributed by atoms with E-state index in [1.807, 2.05) is 31.2 Å². The summed E-state index contributed by atoms with van der Waals surface area (Å²) < 4.78 is 0.143. The van der Waals surface area contributed by atoms with E-state index in [4.69, 9.17) is 17.3 Å². The summed E-state index contributed by atoms with van der Waals surface area (Å²) in [5.74, 6) is -1.70. The average Bonchev–Trinajstić information content (AvgIpc) is 2.91. The van der Waals surface area contributed by atoms with Crippen LogP contribution in [0.5, 0.6) is 0 Å². The van der Waals surface area contributed by atoms with Gasteiger partial charge in [-0.25, -0.2) is 0 Å². The number of nitrogens with zero attached hydrogens (tertiary/aromatic N) is 2. The minimum absolute atomic E-state index is 0.0784. The monoisotopic (exact) mass is 446 g/mol. The van der Waals surface area contributed by atoms with E-state index >= 15 is 0 Å². The van der Waals surface area contributed by atoms with Crippen LogP contribution in [0.1, 0.15) is 11.1 Å². The van der Waals surface area contributed by atoms with Crippen molar-refractivity contribution in [3.05, 3.63) is 68.6 Å². The van der Waals surface area contributed by atoms with Gasteiger partial charge in [-0.1, -0.05) is 59.5 Å². The maximum absolute atomic E-state index is 12.4. The Labute approximate surface area is 179 Å². The van der Waals surface area contributed by atoms with Gasteiger partial charge in [0.2, 0.25) is 0 Å². The standard InChI is InChI=1S/C19H14N2O5S3/c1-11-2-5-13(6-3-11)28-15-7-4-12(8-14(15)21(25)26)9-16-18(24)20(10-17(22)23)19(27)29-16/h2-9H,10H2,1H3,(H,22,23)/b16-9+. The largest absolute Gasteiger partial charge is 0.480 e. The highest BCUT2D eigenvalue weighted by atomic mass is 32.2. The van der Waals surface area contributed by atoms with E-state index in [1.54, 1.807) is 12.1 Å². The molecule has 0 aliphatic carbocycles. The molecule has 1 N–H and O–H groups in total. The van der Waals surface area contributed by atoms with E-state index < -0.39 is 23.3 Å². The van der Waals surface area contributed by atoms with Crippen LogP contribution in [0.25, 0.3) is 6.08 Å². The number of rotatable bonds is 6. The Morgan fingerprint density at radius 3 is 2.62 bits per heavy atom. The molecule has 0 bridgehead atoms. The van der Waals surface area contributed by atoms with E-state index in [0.29, 0.717) is 10.5 Å². The topological polar surface area (TPSA) is 101 Å². The molecule has 1 aliphatic rings. The van der Waals surface area contributed by atoms with Gasteiger partial charge in [-0.15, -0.1) is 0 Å². The van der Waals surface area contributed by atoms with Crippen LogP contribution >= 0.6 is 35.7 Å². The lowest BCUT2D eigenvalue weighted by Gasteiger charge is -2.10. The van der Waals surface area contributed by atoms with Crippen molar-refractivity contribution in [1.82, 2.24) is 4.90 Å². The molecule has 0 saturated carbocycles. The van der Waals surface area contributed by atoms with Gasteiger partial charge in [0, 0.05) is 11.0 Å². The number of amides is 1. The molecule has 7 nitrogen and oxygen atoms in total. The molecule has 0 aromatic heterocycles. The molecule has 1 aliphatic heterocycles. The van der Waals surface area contributed by atoms with Gasteiger partial charge < -0.3 is 5.11 Å². The summed E-state index contributed by atoms with van der Waals surface area (Å²) >= 11 is 7.31. The van der Waals surface area contributed by atoms with Crippen LogP contribution < -0.4 is 0 Å². The fourth-order valence-electron chi connectivity index (χ4n) is 2.51. The van der Waals surface area contributed by atoms with Crippen LogP contribution in [-0.4, -0.2) is 37.7 Å². The molecule has 10 heteroatoms. The number of nitro benzene ring substituents is 1. The molecule has 29 heavy (non-hydrogen) atoms. The number of carbonyl (C=O) groups is 2. The number of aryl methyl sites for hydroxylation is 1. The summed E-state index contributed by atoms with van der Waals surface area (Å²) in [5.41, 5.74) is 1.48. The summed E-state index contributed by atoms with van der Waals surface area (Å²) in [6.07, 6.45) is 1.48. The van der Waals surface area contributed by atoms with Crippen molar-refractivity contribution in [1.29, 1.82) is 0 Å². The SMILES string of the molecule is Cc1ccc(Sc2ccc(/C=C3/SC(=S)N(CC(=O)O)C3=O)cc2[N+](=O)[O-])cc1. The van der Waals surface area contributed by atoms with Crippen LogP contribution in [0.2, 0.25) is 0 Å². The lowest BCUT2D eigenvalue weighted by atomic mass is 10.2. The second-order valence-electron chi connectivity index (χ2n) is 6.06. The minimum atomic E-state index is -1.17. The summed E-state index contributed by atoms with van der Waals surface area (Å²) in [6.45, 7) is 1.44. The molecule has 1 saturated heterocycles. The first kappa shape index (κ1) is 21.0. The maximum Gasteiger partial charge on any atom is 0.323 e. The molecule has 0 spiro atoms. The van der Waals surface area contributed by atoms with Gasteiger partial charge in [0.25, 0.3) is 11.6 Å². The molecule has 1 fully saturated rings. The third kappa shape index (κ3) is 5.03. The molecule has 3 rings (SSSR count). The van der Waals surface area contributed by atoms with Gasteiger partial charge in [-0.3, -0.25) is 24.6 Å². The van der Waals surface area contributed by atoms with Gasteiger partial charge in [0.05, 0.1) is 14.7 Å². The lowest BCUT2D eigenvalue weighted by molar-refractivity contribution is -0.387. The van der Waals surface area contributed by atoms with Gasteiger partial charge in [0.1, 0.15) is 10.9 Å². The maximum atomic E-state index is 12.4. The zero-order valence-electron chi connectivity index (χ0n) is 15.0. The Kier molecular flexibility index (Phi) is 6.36. The van der Waals surface area contributed by atoms with Crippen molar-refractivity contribution in [3.8, 4) is 0 Å². The number of carboxylic acids is 1. The molecule has 0 unspecified atom stereocenters. The van der Waals surface area contributed by atoms with Gasteiger partial charge >= 0.3 is 5.97 Å². The summed E-state index contributed by atoms with van der Waals surface area (Å²) in [7, 11) is 0. The first-order valence-corrected chi connectivity index (χ1v) is 10.3. The minimum Gasteiger partial charge on any atom is -0.480 e. The fraction of sp³-hybridized carbons (Fsp3) is 0.105. The van der Waals surface area contributed by atoms with Crippen LogP contribution in [0, 0.1) is 17.0 Å². The number of thioether (sulfide) groups is 1. The molecular formula is C19H14N2O5S3. The van der Waals surface area contributed by atoms with Gasteiger partial charge in [0.15, 0.2) is 0 Å². The van der Waals surface area contributed by atoms with Crippen molar-refractivity contribution in [3.63, 3.8) is 0 Å². The van der Waals surface area contributed by atoms with E-state index in [1.165, 1.54) is 23.9 Å². The Hall–Kier alpha value is -2.69. The third-order valence-corrected chi connectivity index (χ3v) is 6.34. The highest BCUT2D eigenvalue weighted by molar-refractivity contribution is 8.26. The second kappa shape index (κ2) is 8.76.